The summed E-state index contributed by atoms with van der Waals surface area (Å²) in [6.45, 7) is 0. The fraction of sp³-hybridized carbons (Fsp3) is 0. The highest BCUT2D eigenvalue weighted by Crippen LogP contribution is 2.09. The summed E-state index contributed by atoms with van der Waals surface area (Å²) < 4.78 is 0.926. The van der Waals surface area contributed by atoms with Gasteiger partial charge in [-0.25, -0.2) is 0 Å². The molecule has 1 aromatic rings. The van der Waals surface area contributed by atoms with E-state index >= 15 is 0 Å². The minimum Gasteiger partial charge on any atom is -0.423 e. The molecule has 0 fully saturated rings. The third kappa shape index (κ3) is 2.33. The van der Waals surface area contributed by atoms with Crippen molar-refractivity contribution in [3.05, 3.63) is 26.8 Å². The van der Waals surface area contributed by atoms with E-state index in [9.17, 15) is 0 Å². The van der Waals surface area contributed by atoms with E-state index in [2.05, 4.69) is 22.6 Å². The summed E-state index contributed by atoms with van der Waals surface area (Å²) in [6, 6.07) is 5.07. The van der Waals surface area contributed by atoms with Crippen LogP contribution in [-0.2, 0) is 0 Å². The molecule has 0 aliphatic heterocycles. The van der Waals surface area contributed by atoms with Crippen LogP contribution in [0.25, 0.3) is 0 Å². The summed E-state index contributed by atoms with van der Waals surface area (Å²) in [6.07, 6.45) is 0. The van der Waals surface area contributed by atoms with Gasteiger partial charge in [0.05, 0.1) is 0 Å². The van der Waals surface area contributed by atoms with Crippen molar-refractivity contribution in [3.8, 4) is 0 Å². The first-order valence-electron chi connectivity index (χ1n) is 2.92. The lowest BCUT2D eigenvalue weighted by Gasteiger charge is -2.01. The fourth-order valence-electron chi connectivity index (χ4n) is 0.712. The van der Waals surface area contributed by atoms with Crippen molar-refractivity contribution in [1.82, 2.24) is 0 Å². The number of rotatable bonds is 1. The van der Waals surface area contributed by atoms with Crippen molar-refractivity contribution in [1.29, 1.82) is 0 Å². The Morgan fingerprint density at radius 2 is 2.00 bits per heavy atom. The van der Waals surface area contributed by atoms with Gasteiger partial charge in [-0.05, 0) is 40.8 Å². The second-order valence-corrected chi connectivity index (χ2v) is 3.69. The molecule has 0 radical (unpaired) electrons. The van der Waals surface area contributed by atoms with Gasteiger partial charge >= 0.3 is 7.12 Å². The molecule has 0 aromatic heterocycles. The molecule has 11 heavy (non-hydrogen) atoms. The molecule has 1 aromatic carbocycles. The lowest BCUT2D eigenvalue weighted by atomic mass is 9.80. The highest BCUT2D eigenvalue weighted by molar-refractivity contribution is 14.1. The first-order valence-corrected chi connectivity index (χ1v) is 4.38. The normalized spacial score (nSPS) is 9.82. The SMILES string of the molecule is OB(O)c1cc(I)ccc1Cl. The fourth-order valence-corrected chi connectivity index (χ4v) is 1.44. The van der Waals surface area contributed by atoms with E-state index in [0.717, 1.165) is 3.57 Å². The van der Waals surface area contributed by atoms with Crippen LogP contribution in [0.5, 0.6) is 0 Å². The second kappa shape index (κ2) is 3.75. The smallest absolute Gasteiger partial charge is 0.423 e. The van der Waals surface area contributed by atoms with E-state index in [4.69, 9.17) is 21.6 Å². The Bertz CT molecular complexity index is 267. The van der Waals surface area contributed by atoms with E-state index in [1.807, 2.05) is 0 Å². The van der Waals surface area contributed by atoms with Gasteiger partial charge in [-0.3, -0.25) is 0 Å². The van der Waals surface area contributed by atoms with Gasteiger partial charge in [-0.1, -0.05) is 11.6 Å². The third-order valence-corrected chi connectivity index (χ3v) is 2.25. The molecular formula is C6H5BClIO2. The lowest BCUT2D eigenvalue weighted by molar-refractivity contribution is 0.426. The summed E-state index contributed by atoms with van der Waals surface area (Å²) in [5.41, 5.74) is 0.346. The molecule has 0 amide bonds. The minimum atomic E-state index is -1.49. The second-order valence-electron chi connectivity index (χ2n) is 2.04. The summed E-state index contributed by atoms with van der Waals surface area (Å²) in [4.78, 5) is 0. The lowest BCUT2D eigenvalue weighted by Crippen LogP contribution is -2.30. The van der Waals surface area contributed by atoms with Gasteiger partial charge in [-0.15, -0.1) is 0 Å². The van der Waals surface area contributed by atoms with E-state index in [1.54, 1.807) is 18.2 Å². The predicted octanol–water partition coefficient (Wildman–Crippen LogP) is 0.624. The van der Waals surface area contributed by atoms with Gasteiger partial charge < -0.3 is 10.0 Å². The van der Waals surface area contributed by atoms with Gasteiger partial charge in [0.2, 0.25) is 0 Å². The molecule has 0 heterocycles. The average molecular weight is 282 g/mol. The van der Waals surface area contributed by atoms with E-state index in [-0.39, 0.29) is 0 Å². The van der Waals surface area contributed by atoms with E-state index in [1.165, 1.54) is 0 Å². The van der Waals surface area contributed by atoms with Crippen LogP contribution in [0.1, 0.15) is 0 Å². The van der Waals surface area contributed by atoms with Crippen LogP contribution >= 0.6 is 34.2 Å². The summed E-state index contributed by atoms with van der Waals surface area (Å²) in [5, 5.41) is 18.0. The van der Waals surface area contributed by atoms with Crippen LogP contribution in [0.15, 0.2) is 18.2 Å². The molecule has 0 saturated carbocycles. The zero-order valence-electron chi connectivity index (χ0n) is 5.46. The van der Waals surface area contributed by atoms with Gasteiger partial charge in [0.15, 0.2) is 0 Å². The molecule has 2 nitrogen and oxygen atoms in total. The molecular weight excluding hydrogens is 277 g/mol. The molecule has 0 bridgehead atoms. The van der Waals surface area contributed by atoms with E-state index < -0.39 is 7.12 Å². The molecule has 5 heteroatoms. The minimum absolute atomic E-state index is 0.346. The Kier molecular flexibility index (Phi) is 3.18. The molecule has 1 rings (SSSR count). The Hall–Kier alpha value is 0.225. The molecule has 0 atom stereocenters. The number of benzene rings is 1. The molecule has 2 N–H and O–H groups in total. The zero-order chi connectivity index (χ0) is 8.43. The first-order chi connectivity index (χ1) is 5.11. The Labute approximate surface area is 83.5 Å². The van der Waals surface area contributed by atoms with Crippen molar-refractivity contribution in [2.24, 2.45) is 0 Å². The maximum absolute atomic E-state index is 8.80. The molecule has 0 aliphatic rings. The molecule has 0 unspecified atom stereocenters. The van der Waals surface area contributed by atoms with Crippen LogP contribution in [0, 0.1) is 3.57 Å². The van der Waals surface area contributed by atoms with Crippen molar-refractivity contribution in [3.63, 3.8) is 0 Å². The van der Waals surface area contributed by atoms with Crippen molar-refractivity contribution >= 4 is 46.8 Å². The monoisotopic (exact) mass is 282 g/mol. The summed E-state index contributed by atoms with van der Waals surface area (Å²) >= 11 is 7.74. The van der Waals surface area contributed by atoms with E-state index in [0.29, 0.717) is 10.5 Å². The Morgan fingerprint density at radius 3 is 2.45 bits per heavy atom. The number of hydrogen-bond acceptors (Lipinski definition) is 2. The van der Waals surface area contributed by atoms with Crippen molar-refractivity contribution in [2.45, 2.75) is 0 Å². The van der Waals surface area contributed by atoms with Gasteiger partial charge in [0.25, 0.3) is 0 Å². The van der Waals surface area contributed by atoms with Crippen LogP contribution < -0.4 is 5.46 Å². The Balaban J connectivity index is 3.13. The molecule has 0 saturated heterocycles. The highest BCUT2D eigenvalue weighted by Gasteiger charge is 2.14. The Morgan fingerprint density at radius 1 is 1.36 bits per heavy atom. The molecule has 58 valence electrons. The topological polar surface area (TPSA) is 40.5 Å². The maximum atomic E-state index is 8.80. The van der Waals surface area contributed by atoms with Crippen LogP contribution in [0.3, 0.4) is 0 Å². The predicted molar refractivity (Wildman–Crippen MR) is 54.0 cm³/mol. The van der Waals surface area contributed by atoms with Crippen molar-refractivity contribution in [2.75, 3.05) is 0 Å². The summed E-state index contributed by atoms with van der Waals surface area (Å²) in [5.74, 6) is 0. The summed E-state index contributed by atoms with van der Waals surface area (Å²) in [7, 11) is -1.49. The number of halogens is 2. The van der Waals surface area contributed by atoms with Gasteiger partial charge in [0.1, 0.15) is 0 Å². The van der Waals surface area contributed by atoms with Gasteiger partial charge in [-0.2, -0.15) is 0 Å². The molecule has 0 aliphatic carbocycles. The maximum Gasteiger partial charge on any atom is 0.489 e. The van der Waals surface area contributed by atoms with Crippen LogP contribution in [-0.4, -0.2) is 17.2 Å². The average Bonchev–Trinajstić information content (AvgIpc) is 1.94. The van der Waals surface area contributed by atoms with Crippen LogP contribution in [0.2, 0.25) is 5.02 Å². The zero-order valence-corrected chi connectivity index (χ0v) is 8.37. The highest BCUT2D eigenvalue weighted by atomic mass is 127. The third-order valence-electron chi connectivity index (χ3n) is 1.24. The first kappa shape index (κ1) is 9.31. The number of hydrogen-bond donors (Lipinski definition) is 2. The quantitative estimate of drug-likeness (QED) is 0.586. The largest absolute Gasteiger partial charge is 0.489 e. The molecule has 0 spiro atoms. The van der Waals surface area contributed by atoms with Crippen LogP contribution in [0.4, 0.5) is 0 Å². The van der Waals surface area contributed by atoms with Gasteiger partial charge in [0, 0.05) is 14.1 Å². The van der Waals surface area contributed by atoms with Crippen molar-refractivity contribution < 1.29 is 10.0 Å². The standard InChI is InChI=1S/C6H5BClIO2/c8-6-2-1-4(9)3-5(6)7(10)11/h1-3,10-11H.